The molecular weight excluding hydrogens is 330 g/mol. The van der Waals surface area contributed by atoms with Gasteiger partial charge >= 0.3 is 0 Å². The number of rotatable bonds is 1. The van der Waals surface area contributed by atoms with Crippen molar-refractivity contribution in [1.82, 2.24) is 0 Å². The normalized spacial score (nSPS) is 15.2. The maximum atomic E-state index is 12.5. The van der Waals surface area contributed by atoms with E-state index in [0.717, 1.165) is 10.0 Å². The Bertz CT molecular complexity index is 785. The van der Waals surface area contributed by atoms with Crippen LogP contribution in [0.1, 0.15) is 21.5 Å². The summed E-state index contributed by atoms with van der Waals surface area (Å²) in [6.07, 6.45) is 1.80. The minimum absolute atomic E-state index is 0.0260. The van der Waals surface area contributed by atoms with Gasteiger partial charge in [0, 0.05) is 10.0 Å². The number of hydrogen-bond donors (Lipinski definition) is 0. The molecular formula is C17H10BrNO2. The van der Waals surface area contributed by atoms with Gasteiger partial charge in [0.25, 0.3) is 0 Å². The topological polar surface area (TPSA) is 50.1 Å². The van der Waals surface area contributed by atoms with E-state index in [1.807, 2.05) is 18.2 Å². The molecule has 0 aromatic heterocycles. The Balaban J connectivity index is 1.95. The zero-order chi connectivity index (χ0) is 14.8. The molecule has 102 valence electrons. The van der Waals surface area contributed by atoms with Gasteiger partial charge in [-0.2, -0.15) is 5.26 Å². The molecule has 1 aliphatic heterocycles. The van der Waals surface area contributed by atoms with E-state index in [1.54, 1.807) is 30.3 Å². The van der Waals surface area contributed by atoms with Crippen LogP contribution in [0, 0.1) is 11.3 Å². The van der Waals surface area contributed by atoms with E-state index >= 15 is 0 Å². The van der Waals surface area contributed by atoms with Gasteiger partial charge in [-0.1, -0.05) is 28.1 Å². The number of nitriles is 1. The summed E-state index contributed by atoms with van der Waals surface area (Å²) in [5.74, 6) is 0.585. The monoisotopic (exact) mass is 339 g/mol. The average Bonchev–Trinajstić information content (AvgIpc) is 2.51. The second kappa shape index (κ2) is 5.55. The second-order valence-corrected chi connectivity index (χ2v) is 5.58. The van der Waals surface area contributed by atoms with Gasteiger partial charge in [0.15, 0.2) is 5.78 Å². The molecule has 1 aliphatic rings. The van der Waals surface area contributed by atoms with Crippen LogP contribution >= 0.6 is 15.9 Å². The lowest BCUT2D eigenvalue weighted by atomic mass is 9.98. The summed E-state index contributed by atoms with van der Waals surface area (Å²) in [7, 11) is 0. The summed E-state index contributed by atoms with van der Waals surface area (Å²) >= 11 is 3.36. The SMILES string of the molecule is N#Cc1ccc(/C=C2/COc3ccc(Br)cc3C2=O)cc1. The van der Waals surface area contributed by atoms with Crippen LogP contribution < -0.4 is 4.74 Å². The number of carbonyl (C=O) groups excluding carboxylic acids is 1. The quantitative estimate of drug-likeness (QED) is 0.738. The highest BCUT2D eigenvalue weighted by Crippen LogP contribution is 2.30. The minimum Gasteiger partial charge on any atom is -0.488 e. The highest BCUT2D eigenvalue weighted by atomic mass is 79.9. The molecule has 0 unspecified atom stereocenters. The van der Waals surface area contributed by atoms with Crippen molar-refractivity contribution in [2.24, 2.45) is 0 Å². The lowest BCUT2D eigenvalue weighted by Crippen LogP contribution is -2.18. The number of Topliss-reactive ketones (excluding diaryl/α,β-unsaturated/α-hetero) is 1. The Morgan fingerprint density at radius 2 is 1.95 bits per heavy atom. The summed E-state index contributed by atoms with van der Waals surface area (Å²) in [6, 6.07) is 14.6. The Labute approximate surface area is 130 Å². The number of ether oxygens (including phenoxy) is 1. The molecule has 0 saturated carbocycles. The van der Waals surface area contributed by atoms with E-state index in [2.05, 4.69) is 22.0 Å². The lowest BCUT2D eigenvalue weighted by molar-refractivity contribution is 0.100. The predicted molar refractivity (Wildman–Crippen MR) is 83.1 cm³/mol. The largest absolute Gasteiger partial charge is 0.488 e. The van der Waals surface area contributed by atoms with Crippen molar-refractivity contribution in [3.63, 3.8) is 0 Å². The first-order valence-corrected chi connectivity index (χ1v) is 7.14. The minimum atomic E-state index is -0.0260. The summed E-state index contributed by atoms with van der Waals surface area (Å²) < 4.78 is 6.46. The molecule has 0 aliphatic carbocycles. The van der Waals surface area contributed by atoms with Gasteiger partial charge in [0.1, 0.15) is 12.4 Å². The first-order valence-electron chi connectivity index (χ1n) is 6.35. The van der Waals surface area contributed by atoms with Crippen LogP contribution in [-0.2, 0) is 0 Å². The van der Waals surface area contributed by atoms with Gasteiger partial charge in [0.2, 0.25) is 0 Å². The van der Waals surface area contributed by atoms with Crippen molar-refractivity contribution in [3.05, 3.63) is 69.2 Å². The van der Waals surface area contributed by atoms with E-state index in [-0.39, 0.29) is 12.4 Å². The Morgan fingerprint density at radius 1 is 1.19 bits per heavy atom. The van der Waals surface area contributed by atoms with Crippen molar-refractivity contribution >= 4 is 27.8 Å². The first-order chi connectivity index (χ1) is 10.2. The van der Waals surface area contributed by atoms with E-state index in [4.69, 9.17) is 10.00 Å². The number of halogens is 1. The Hall–Kier alpha value is -2.38. The molecule has 0 saturated heterocycles. The lowest BCUT2D eigenvalue weighted by Gasteiger charge is -2.19. The van der Waals surface area contributed by atoms with Crippen molar-refractivity contribution in [3.8, 4) is 11.8 Å². The number of nitrogens with zero attached hydrogens (tertiary/aromatic N) is 1. The Morgan fingerprint density at radius 3 is 2.67 bits per heavy atom. The third-order valence-electron chi connectivity index (χ3n) is 3.24. The molecule has 3 nitrogen and oxygen atoms in total. The number of ketones is 1. The highest BCUT2D eigenvalue weighted by molar-refractivity contribution is 9.10. The molecule has 0 N–H and O–H groups in total. The molecule has 2 aromatic rings. The smallest absolute Gasteiger partial charge is 0.196 e. The molecule has 2 aromatic carbocycles. The van der Waals surface area contributed by atoms with E-state index in [0.29, 0.717) is 22.4 Å². The number of fused-ring (bicyclic) bond motifs is 1. The van der Waals surface area contributed by atoms with Crippen LogP contribution in [0.15, 0.2) is 52.5 Å². The molecule has 0 amide bonds. The fourth-order valence-corrected chi connectivity index (χ4v) is 2.52. The highest BCUT2D eigenvalue weighted by Gasteiger charge is 2.23. The van der Waals surface area contributed by atoms with E-state index in [9.17, 15) is 4.79 Å². The van der Waals surface area contributed by atoms with Crippen LogP contribution in [0.2, 0.25) is 0 Å². The van der Waals surface area contributed by atoms with E-state index in [1.165, 1.54) is 0 Å². The molecule has 0 bridgehead atoms. The summed E-state index contributed by atoms with van der Waals surface area (Å²) in [6.45, 7) is 0.257. The third kappa shape index (κ3) is 2.74. The average molecular weight is 340 g/mol. The molecule has 1 heterocycles. The van der Waals surface area contributed by atoms with Gasteiger partial charge in [-0.25, -0.2) is 0 Å². The molecule has 0 fully saturated rings. The molecule has 3 rings (SSSR count). The molecule has 21 heavy (non-hydrogen) atoms. The van der Waals surface area contributed by atoms with Gasteiger partial charge in [-0.15, -0.1) is 0 Å². The summed E-state index contributed by atoms with van der Waals surface area (Å²) in [4.78, 5) is 12.5. The van der Waals surface area contributed by atoms with Gasteiger partial charge in [-0.05, 0) is 42.0 Å². The van der Waals surface area contributed by atoms with E-state index < -0.39 is 0 Å². The molecule has 0 spiro atoms. The van der Waals surface area contributed by atoms with Crippen molar-refractivity contribution in [2.75, 3.05) is 6.61 Å². The van der Waals surface area contributed by atoms with Crippen LogP contribution in [0.25, 0.3) is 6.08 Å². The zero-order valence-electron chi connectivity index (χ0n) is 11.0. The maximum absolute atomic E-state index is 12.5. The fraction of sp³-hybridized carbons (Fsp3) is 0.0588. The second-order valence-electron chi connectivity index (χ2n) is 4.66. The first kappa shape index (κ1) is 13.6. The molecule has 0 radical (unpaired) electrons. The standard InChI is InChI=1S/C17H10BrNO2/c18-14-5-6-16-15(8-14)17(20)13(10-21-16)7-11-1-3-12(9-19)4-2-11/h1-8H,10H2/b13-7-. The van der Waals surface area contributed by atoms with Crippen molar-refractivity contribution in [1.29, 1.82) is 5.26 Å². The number of benzene rings is 2. The van der Waals surface area contributed by atoms with Gasteiger partial charge < -0.3 is 4.74 Å². The molecule has 4 heteroatoms. The fourth-order valence-electron chi connectivity index (χ4n) is 2.16. The zero-order valence-corrected chi connectivity index (χ0v) is 12.6. The molecule has 0 atom stereocenters. The summed E-state index contributed by atoms with van der Waals surface area (Å²) in [5, 5.41) is 8.78. The van der Waals surface area contributed by atoms with Crippen LogP contribution in [0.3, 0.4) is 0 Å². The third-order valence-corrected chi connectivity index (χ3v) is 3.73. The van der Waals surface area contributed by atoms with Crippen LogP contribution in [0.5, 0.6) is 5.75 Å². The number of hydrogen-bond acceptors (Lipinski definition) is 3. The van der Waals surface area contributed by atoms with Crippen LogP contribution in [-0.4, -0.2) is 12.4 Å². The van der Waals surface area contributed by atoms with Crippen molar-refractivity contribution < 1.29 is 9.53 Å². The van der Waals surface area contributed by atoms with Crippen molar-refractivity contribution in [2.45, 2.75) is 0 Å². The van der Waals surface area contributed by atoms with Crippen LogP contribution in [0.4, 0.5) is 0 Å². The summed E-state index contributed by atoms with van der Waals surface area (Å²) in [5.41, 5.74) is 2.64. The maximum Gasteiger partial charge on any atom is 0.196 e. The van der Waals surface area contributed by atoms with Gasteiger partial charge in [-0.3, -0.25) is 4.79 Å². The number of carbonyl (C=O) groups is 1. The predicted octanol–water partition coefficient (Wildman–Crippen LogP) is 3.98. The Kier molecular flexibility index (Phi) is 3.59. The van der Waals surface area contributed by atoms with Gasteiger partial charge in [0.05, 0.1) is 17.2 Å².